The fourth-order valence-corrected chi connectivity index (χ4v) is 3.62. The van der Waals surface area contributed by atoms with E-state index in [1.807, 2.05) is 6.92 Å². The van der Waals surface area contributed by atoms with Crippen molar-refractivity contribution in [3.8, 4) is 11.5 Å². The summed E-state index contributed by atoms with van der Waals surface area (Å²) < 4.78 is 40.2. The second kappa shape index (κ2) is 9.85. The van der Waals surface area contributed by atoms with E-state index in [0.29, 0.717) is 34.8 Å². The number of pyridine rings is 1. The number of carbonyl (C=O) groups excluding carboxylic acids is 1. The highest BCUT2D eigenvalue weighted by Crippen LogP contribution is 2.41. The van der Waals surface area contributed by atoms with Crippen molar-refractivity contribution in [1.29, 1.82) is 0 Å². The first-order chi connectivity index (χ1) is 15.8. The zero-order valence-electron chi connectivity index (χ0n) is 19.3. The Kier molecular flexibility index (Phi) is 7.15. The highest BCUT2D eigenvalue weighted by Gasteiger charge is 2.36. The Bertz CT molecular complexity index is 1100. The number of ether oxygens (including phenoxy) is 2. The molecule has 0 spiro atoms. The first-order valence-electron chi connectivity index (χ1n) is 10.4. The molecule has 2 amide bonds. The van der Waals surface area contributed by atoms with E-state index in [1.165, 1.54) is 19.1 Å². The van der Waals surface area contributed by atoms with Crippen LogP contribution < -0.4 is 25.0 Å². The van der Waals surface area contributed by atoms with Crippen molar-refractivity contribution in [2.75, 3.05) is 37.1 Å². The molecular weight excluding hydrogens is 432 g/mol. The van der Waals surface area contributed by atoms with E-state index in [2.05, 4.69) is 9.98 Å². The van der Waals surface area contributed by atoms with Gasteiger partial charge >= 0.3 is 6.03 Å². The van der Waals surface area contributed by atoms with Gasteiger partial charge in [-0.25, -0.2) is 13.6 Å². The number of nitrogens with zero attached hydrogens (tertiary/aromatic N) is 4. The summed E-state index contributed by atoms with van der Waals surface area (Å²) in [6, 6.07) is 2.25. The minimum atomic E-state index is -0.993. The van der Waals surface area contributed by atoms with Crippen molar-refractivity contribution < 1.29 is 23.0 Å². The Morgan fingerprint density at radius 2 is 1.85 bits per heavy atom. The number of methoxy groups -OCH3 is 2. The number of hydrogen-bond donors (Lipinski definition) is 1. The Hall–Kier alpha value is -3.69. The van der Waals surface area contributed by atoms with Gasteiger partial charge in [0, 0.05) is 48.4 Å². The summed E-state index contributed by atoms with van der Waals surface area (Å²) in [5.41, 5.74) is 8.39. The molecule has 0 saturated heterocycles. The number of aliphatic imine (C=N–C) groups is 1. The maximum Gasteiger partial charge on any atom is 0.329 e. The van der Waals surface area contributed by atoms with Gasteiger partial charge in [0.2, 0.25) is 0 Å². The van der Waals surface area contributed by atoms with Crippen LogP contribution in [-0.2, 0) is 6.54 Å². The van der Waals surface area contributed by atoms with E-state index < -0.39 is 23.4 Å². The summed E-state index contributed by atoms with van der Waals surface area (Å²) in [4.78, 5) is 24.5. The minimum absolute atomic E-state index is 0.0915. The predicted octanol–water partition coefficient (Wildman–Crippen LogP) is 4.12. The number of rotatable bonds is 7. The Morgan fingerprint density at radius 3 is 2.36 bits per heavy atom. The molecule has 10 heteroatoms. The van der Waals surface area contributed by atoms with Crippen LogP contribution in [0, 0.1) is 11.6 Å². The topological polar surface area (TPSA) is 93.3 Å². The molecule has 0 fully saturated rings. The van der Waals surface area contributed by atoms with Gasteiger partial charge in [0.1, 0.15) is 5.69 Å². The molecule has 2 N–H and O–H groups in total. The Labute approximate surface area is 191 Å². The number of anilines is 2. The molecule has 8 nitrogen and oxygen atoms in total. The van der Waals surface area contributed by atoms with Gasteiger partial charge in [-0.1, -0.05) is 0 Å². The van der Waals surface area contributed by atoms with Gasteiger partial charge in [-0.3, -0.25) is 19.8 Å². The van der Waals surface area contributed by atoms with Crippen molar-refractivity contribution in [1.82, 2.24) is 4.98 Å². The van der Waals surface area contributed by atoms with Crippen LogP contribution in [0.4, 0.5) is 25.0 Å². The van der Waals surface area contributed by atoms with Crippen molar-refractivity contribution in [3.63, 3.8) is 0 Å². The lowest BCUT2D eigenvalue weighted by molar-refractivity contribution is 0.249. The number of halogens is 2. The molecule has 1 aliphatic rings. The van der Waals surface area contributed by atoms with Gasteiger partial charge in [0.25, 0.3) is 0 Å². The second-order valence-corrected chi connectivity index (χ2v) is 7.29. The maximum absolute atomic E-state index is 15.1. The third kappa shape index (κ3) is 4.33. The smallest absolute Gasteiger partial charge is 0.329 e. The van der Waals surface area contributed by atoms with E-state index >= 15 is 8.78 Å². The molecule has 0 atom stereocenters. The van der Waals surface area contributed by atoms with E-state index in [4.69, 9.17) is 15.2 Å². The molecule has 176 valence electrons. The van der Waals surface area contributed by atoms with Crippen LogP contribution in [-0.4, -0.2) is 44.5 Å². The third-order valence-electron chi connectivity index (χ3n) is 5.28. The highest BCUT2D eigenvalue weighted by atomic mass is 19.1. The number of hydrogen-bond acceptors (Lipinski definition) is 6. The number of benzene rings is 1. The van der Waals surface area contributed by atoms with E-state index in [1.54, 1.807) is 32.3 Å². The molecule has 33 heavy (non-hydrogen) atoms. The molecule has 0 radical (unpaired) electrons. The molecular formula is C23H27F2N5O3. The number of aromatic nitrogens is 1. The van der Waals surface area contributed by atoms with Crippen molar-refractivity contribution in [2.45, 2.75) is 27.3 Å². The van der Waals surface area contributed by atoms with Crippen LogP contribution in [0.1, 0.15) is 32.0 Å². The number of allylic oxidation sites excluding steroid dienone is 2. The summed E-state index contributed by atoms with van der Waals surface area (Å²) >= 11 is 0. The predicted molar refractivity (Wildman–Crippen MR) is 124 cm³/mol. The SMILES string of the molecule is CCN=CC(=C(C)N)c1cc2c(cn1)CN(c1c(F)c(OC)cc(OC)c1F)C(=O)N2CC. The van der Waals surface area contributed by atoms with Crippen molar-refractivity contribution >= 4 is 29.2 Å². The van der Waals surface area contributed by atoms with Crippen molar-refractivity contribution in [2.24, 2.45) is 10.7 Å². The van der Waals surface area contributed by atoms with Gasteiger partial charge in [0.15, 0.2) is 23.1 Å². The van der Waals surface area contributed by atoms with Gasteiger partial charge in [0.05, 0.1) is 32.1 Å². The largest absolute Gasteiger partial charge is 0.493 e. The van der Waals surface area contributed by atoms with Crippen LogP contribution in [0.25, 0.3) is 5.57 Å². The van der Waals surface area contributed by atoms with E-state index in [-0.39, 0.29) is 24.6 Å². The average molecular weight is 459 g/mol. The molecule has 3 rings (SSSR count). The van der Waals surface area contributed by atoms with Crippen molar-refractivity contribution in [3.05, 3.63) is 46.9 Å². The second-order valence-electron chi connectivity index (χ2n) is 7.29. The zero-order valence-corrected chi connectivity index (χ0v) is 19.3. The monoisotopic (exact) mass is 459 g/mol. The molecule has 1 aromatic carbocycles. The van der Waals surface area contributed by atoms with E-state index in [0.717, 1.165) is 11.0 Å². The van der Waals surface area contributed by atoms with Gasteiger partial charge < -0.3 is 15.2 Å². The van der Waals surface area contributed by atoms with Gasteiger partial charge in [-0.05, 0) is 26.8 Å². The lowest BCUT2D eigenvalue weighted by Crippen LogP contribution is -2.48. The summed E-state index contributed by atoms with van der Waals surface area (Å²) in [6.07, 6.45) is 3.22. The first kappa shape index (κ1) is 24.0. The molecule has 1 aromatic heterocycles. The number of amides is 2. The van der Waals surface area contributed by atoms with Gasteiger partial charge in [-0.2, -0.15) is 0 Å². The highest BCUT2D eigenvalue weighted by molar-refractivity contribution is 6.11. The normalized spacial score (nSPS) is 14.5. The zero-order chi connectivity index (χ0) is 24.3. The number of nitrogens with two attached hydrogens (primary N) is 1. The number of fused-ring (bicyclic) bond motifs is 1. The summed E-state index contributed by atoms with van der Waals surface area (Å²) in [6.45, 7) is 6.17. The first-order valence-corrected chi connectivity index (χ1v) is 10.4. The fourth-order valence-electron chi connectivity index (χ4n) is 3.62. The standard InChI is InChI=1S/C23H27F2N5O3/c1-6-27-11-15(13(3)26)16-8-17-14(10-28-16)12-30(23(31)29(17)7-2)22-20(24)18(32-4)9-19(33-5)21(22)25/h8-11H,6-7,12,26H2,1-5H3. The van der Waals surface area contributed by atoms with E-state index in [9.17, 15) is 4.79 Å². The molecule has 2 aromatic rings. The maximum atomic E-state index is 15.1. The Morgan fingerprint density at radius 1 is 1.21 bits per heavy atom. The third-order valence-corrected chi connectivity index (χ3v) is 5.28. The summed E-state index contributed by atoms with van der Waals surface area (Å²) in [5, 5.41) is 0. The lowest BCUT2D eigenvalue weighted by Gasteiger charge is -2.37. The van der Waals surface area contributed by atoms with Crippen LogP contribution in [0.3, 0.4) is 0 Å². The van der Waals surface area contributed by atoms with Gasteiger partial charge in [-0.15, -0.1) is 0 Å². The van der Waals surface area contributed by atoms with Crippen LogP contribution in [0.2, 0.25) is 0 Å². The number of urea groups is 1. The molecule has 0 unspecified atom stereocenters. The number of carbonyl (C=O) groups is 1. The minimum Gasteiger partial charge on any atom is -0.493 e. The summed E-state index contributed by atoms with van der Waals surface area (Å²) in [5.74, 6) is -2.45. The average Bonchev–Trinajstić information content (AvgIpc) is 2.80. The lowest BCUT2D eigenvalue weighted by atomic mass is 10.1. The Balaban J connectivity index is 2.15. The quantitative estimate of drug-likeness (QED) is 0.629. The van der Waals surface area contributed by atoms with Crippen LogP contribution >= 0.6 is 0 Å². The molecule has 0 aliphatic carbocycles. The summed E-state index contributed by atoms with van der Waals surface area (Å²) in [7, 11) is 2.51. The molecule has 2 heterocycles. The molecule has 1 aliphatic heterocycles. The van der Waals surface area contributed by atoms with Crippen LogP contribution in [0.15, 0.2) is 29.0 Å². The molecule has 0 saturated carbocycles. The van der Waals surface area contributed by atoms with Crippen LogP contribution in [0.5, 0.6) is 11.5 Å². The fraction of sp³-hybridized carbons (Fsp3) is 0.348. The molecule has 0 bridgehead atoms.